The van der Waals surface area contributed by atoms with E-state index in [9.17, 15) is 13.2 Å². The number of nitrogens with one attached hydrogen (secondary N) is 2. The van der Waals surface area contributed by atoms with E-state index in [1.54, 1.807) is 12.1 Å². The molecule has 33 heavy (non-hydrogen) atoms. The Morgan fingerprint density at radius 2 is 1.76 bits per heavy atom. The zero-order chi connectivity index (χ0) is 22.8. The molecule has 182 valence electrons. The number of hydrogen-bond donors (Lipinski definition) is 2. The van der Waals surface area contributed by atoms with Crippen LogP contribution in [0.15, 0.2) is 59.6 Å². The summed E-state index contributed by atoms with van der Waals surface area (Å²) in [5.41, 5.74) is 2.96. The fourth-order valence-electron chi connectivity index (χ4n) is 3.65. The van der Waals surface area contributed by atoms with Crippen LogP contribution < -0.4 is 15.5 Å². The summed E-state index contributed by atoms with van der Waals surface area (Å²) in [6.07, 6.45) is -3.16. The number of anilines is 1. The molecule has 2 aromatic rings. The Balaban J connectivity index is 0.00000385. The summed E-state index contributed by atoms with van der Waals surface area (Å²) in [4.78, 5) is 7.06. The van der Waals surface area contributed by atoms with Crippen molar-refractivity contribution in [3.63, 3.8) is 0 Å². The van der Waals surface area contributed by atoms with Gasteiger partial charge in [-0.15, -0.1) is 24.0 Å². The number of alkyl halides is 3. The predicted molar refractivity (Wildman–Crippen MR) is 137 cm³/mol. The van der Waals surface area contributed by atoms with Gasteiger partial charge in [0.15, 0.2) is 5.96 Å². The van der Waals surface area contributed by atoms with Crippen LogP contribution in [0.4, 0.5) is 18.9 Å². The number of halogens is 4. The Labute approximate surface area is 210 Å². The average Bonchev–Trinajstić information content (AvgIpc) is 3.25. The molecule has 1 fully saturated rings. The first-order valence-electron chi connectivity index (χ1n) is 11.0. The summed E-state index contributed by atoms with van der Waals surface area (Å²) in [7, 11) is 0. The van der Waals surface area contributed by atoms with Gasteiger partial charge in [-0.2, -0.15) is 13.2 Å². The molecule has 1 unspecified atom stereocenters. The standard InChI is InChI=1S/C24H31F3N4O.HI/c1-2-28-23(30-15-21-12-13-31(16-21)22-6-4-3-5-7-22)29-14-19-8-10-20(11-9-19)17-32-18-24(25,26)27;/h3-11,21H,2,12-18H2,1H3,(H2,28,29,30);1H. The lowest BCUT2D eigenvalue weighted by molar-refractivity contribution is -0.176. The number of para-hydroxylation sites is 1. The fraction of sp³-hybridized carbons (Fsp3) is 0.458. The zero-order valence-electron chi connectivity index (χ0n) is 18.8. The average molecular weight is 576 g/mol. The molecule has 0 bridgehead atoms. The van der Waals surface area contributed by atoms with E-state index in [1.165, 1.54) is 5.69 Å². The second kappa shape index (κ2) is 13.6. The van der Waals surface area contributed by atoms with Crippen molar-refractivity contribution in [1.82, 2.24) is 10.6 Å². The van der Waals surface area contributed by atoms with Gasteiger partial charge in [-0.3, -0.25) is 0 Å². The molecule has 9 heteroatoms. The number of benzene rings is 2. The number of aliphatic imine (C=N–C) groups is 1. The van der Waals surface area contributed by atoms with Crippen molar-refractivity contribution >= 4 is 35.6 Å². The first-order valence-corrected chi connectivity index (χ1v) is 11.0. The molecule has 1 heterocycles. The van der Waals surface area contributed by atoms with Crippen LogP contribution in [-0.2, 0) is 17.9 Å². The van der Waals surface area contributed by atoms with Crippen molar-refractivity contribution in [3.8, 4) is 0 Å². The summed E-state index contributed by atoms with van der Waals surface area (Å²) < 4.78 is 41.2. The summed E-state index contributed by atoms with van der Waals surface area (Å²) in [5.74, 6) is 1.32. The van der Waals surface area contributed by atoms with Gasteiger partial charge in [0.2, 0.25) is 0 Å². The molecule has 0 radical (unpaired) electrons. The van der Waals surface area contributed by atoms with Gasteiger partial charge in [0.05, 0.1) is 13.2 Å². The summed E-state index contributed by atoms with van der Waals surface area (Å²) in [6, 6.07) is 17.8. The van der Waals surface area contributed by atoms with Gasteiger partial charge in [-0.05, 0) is 42.5 Å². The van der Waals surface area contributed by atoms with Gasteiger partial charge >= 0.3 is 6.18 Å². The number of nitrogens with zero attached hydrogens (tertiary/aromatic N) is 2. The van der Waals surface area contributed by atoms with Crippen molar-refractivity contribution in [2.45, 2.75) is 32.7 Å². The number of ether oxygens (including phenoxy) is 1. The normalized spacial score (nSPS) is 16.4. The van der Waals surface area contributed by atoms with E-state index < -0.39 is 12.8 Å². The zero-order valence-corrected chi connectivity index (χ0v) is 21.1. The van der Waals surface area contributed by atoms with Gasteiger partial charge in [0.1, 0.15) is 6.61 Å². The lowest BCUT2D eigenvalue weighted by Gasteiger charge is -2.19. The maximum atomic E-state index is 12.2. The van der Waals surface area contributed by atoms with Crippen molar-refractivity contribution in [2.75, 3.05) is 37.7 Å². The van der Waals surface area contributed by atoms with Gasteiger partial charge < -0.3 is 20.3 Å². The van der Waals surface area contributed by atoms with Crippen LogP contribution in [0.1, 0.15) is 24.5 Å². The molecule has 1 aliphatic rings. The van der Waals surface area contributed by atoms with Crippen molar-refractivity contribution in [1.29, 1.82) is 0 Å². The van der Waals surface area contributed by atoms with E-state index in [1.807, 2.05) is 25.1 Å². The van der Waals surface area contributed by atoms with E-state index in [4.69, 9.17) is 4.74 Å². The summed E-state index contributed by atoms with van der Waals surface area (Å²) in [6.45, 7) is 4.92. The highest BCUT2D eigenvalue weighted by Crippen LogP contribution is 2.23. The molecule has 2 N–H and O–H groups in total. The maximum Gasteiger partial charge on any atom is 0.411 e. The Morgan fingerprint density at radius 3 is 2.42 bits per heavy atom. The molecule has 0 amide bonds. The van der Waals surface area contributed by atoms with Crippen LogP contribution in [0, 0.1) is 5.92 Å². The van der Waals surface area contributed by atoms with Crippen LogP contribution in [-0.4, -0.2) is 44.9 Å². The Morgan fingerprint density at radius 1 is 1.06 bits per heavy atom. The Hall–Kier alpha value is -2.01. The maximum absolute atomic E-state index is 12.2. The van der Waals surface area contributed by atoms with E-state index >= 15 is 0 Å². The van der Waals surface area contributed by atoms with Crippen molar-refractivity contribution in [2.24, 2.45) is 10.9 Å². The Bertz CT molecular complexity index is 847. The number of guanidine groups is 1. The lowest BCUT2D eigenvalue weighted by Crippen LogP contribution is -2.40. The van der Waals surface area contributed by atoms with Crippen molar-refractivity contribution in [3.05, 3.63) is 65.7 Å². The molecule has 1 saturated heterocycles. The highest BCUT2D eigenvalue weighted by molar-refractivity contribution is 14.0. The minimum absolute atomic E-state index is 0. The molecule has 0 spiro atoms. The quantitative estimate of drug-likeness (QED) is 0.252. The number of hydrogen-bond acceptors (Lipinski definition) is 3. The second-order valence-electron chi connectivity index (χ2n) is 7.94. The third kappa shape index (κ3) is 9.79. The second-order valence-corrected chi connectivity index (χ2v) is 7.94. The molecule has 3 rings (SSSR count). The van der Waals surface area contributed by atoms with E-state index in [-0.39, 0.29) is 30.6 Å². The van der Waals surface area contributed by atoms with E-state index in [0.717, 1.165) is 44.1 Å². The summed E-state index contributed by atoms with van der Waals surface area (Å²) in [5, 5.41) is 6.72. The molecule has 5 nitrogen and oxygen atoms in total. The lowest BCUT2D eigenvalue weighted by atomic mass is 10.1. The first kappa shape index (κ1) is 27.2. The van der Waals surface area contributed by atoms with E-state index in [2.05, 4.69) is 44.8 Å². The molecule has 0 saturated carbocycles. The largest absolute Gasteiger partial charge is 0.411 e. The molecule has 1 atom stereocenters. The monoisotopic (exact) mass is 576 g/mol. The van der Waals surface area contributed by atoms with Crippen LogP contribution >= 0.6 is 24.0 Å². The topological polar surface area (TPSA) is 48.9 Å². The van der Waals surface area contributed by atoms with Gasteiger partial charge in [0.25, 0.3) is 0 Å². The molecular weight excluding hydrogens is 544 g/mol. The molecule has 1 aliphatic heterocycles. The Kier molecular flexibility index (Phi) is 11.3. The van der Waals surface area contributed by atoms with Gasteiger partial charge in [-0.25, -0.2) is 4.99 Å². The van der Waals surface area contributed by atoms with E-state index in [0.29, 0.717) is 18.0 Å². The van der Waals surface area contributed by atoms with Crippen LogP contribution in [0.3, 0.4) is 0 Å². The minimum Gasteiger partial charge on any atom is -0.371 e. The SMILES string of the molecule is CCNC(=NCc1ccc(COCC(F)(F)F)cc1)NCC1CCN(c2ccccc2)C1.I. The van der Waals surface area contributed by atoms with Crippen LogP contribution in [0.5, 0.6) is 0 Å². The minimum atomic E-state index is -4.30. The molecular formula is C24H32F3IN4O. The predicted octanol–water partition coefficient (Wildman–Crippen LogP) is 4.97. The highest BCUT2D eigenvalue weighted by atomic mass is 127. The molecule has 0 aliphatic carbocycles. The van der Waals surface area contributed by atoms with Crippen LogP contribution in [0.25, 0.3) is 0 Å². The first-order chi connectivity index (χ1) is 15.4. The van der Waals surface area contributed by atoms with Crippen LogP contribution in [0.2, 0.25) is 0 Å². The number of rotatable bonds is 9. The fourth-order valence-corrected chi connectivity index (χ4v) is 3.65. The van der Waals surface area contributed by atoms with Gasteiger partial charge in [-0.1, -0.05) is 42.5 Å². The highest BCUT2D eigenvalue weighted by Gasteiger charge is 2.27. The van der Waals surface area contributed by atoms with Gasteiger partial charge in [0, 0.05) is 31.9 Å². The summed E-state index contributed by atoms with van der Waals surface area (Å²) >= 11 is 0. The molecule has 0 aromatic heterocycles. The smallest absolute Gasteiger partial charge is 0.371 e. The van der Waals surface area contributed by atoms with Crippen molar-refractivity contribution < 1.29 is 17.9 Å². The third-order valence-electron chi connectivity index (χ3n) is 5.29. The molecule has 2 aromatic carbocycles. The third-order valence-corrected chi connectivity index (χ3v) is 5.29.